The van der Waals surface area contributed by atoms with Crippen molar-refractivity contribution in [3.05, 3.63) is 46.7 Å². The maximum Gasteiger partial charge on any atom is 0.278 e. The first-order chi connectivity index (χ1) is 12.2. The van der Waals surface area contributed by atoms with Crippen molar-refractivity contribution in [2.45, 2.75) is 19.5 Å². The lowest BCUT2D eigenvalue weighted by molar-refractivity contribution is -0.914. The number of piperazine rings is 1. The number of rotatable bonds is 6. The smallest absolute Gasteiger partial charge is 0.278 e. The van der Waals surface area contributed by atoms with Crippen molar-refractivity contribution in [2.75, 3.05) is 38.2 Å². The summed E-state index contributed by atoms with van der Waals surface area (Å²) in [6.07, 6.45) is 0. The Labute approximate surface area is 153 Å². The van der Waals surface area contributed by atoms with Crippen LogP contribution in [0.5, 0.6) is 5.75 Å². The second-order valence-corrected chi connectivity index (χ2v) is 7.37. The monoisotopic (exact) mass is 360 g/mol. The second-order valence-electron chi connectivity index (χ2n) is 6.34. The summed E-state index contributed by atoms with van der Waals surface area (Å²) in [7, 11) is 1.71. The van der Waals surface area contributed by atoms with Crippen molar-refractivity contribution in [1.82, 2.24) is 5.32 Å². The Morgan fingerprint density at radius 3 is 2.72 bits per heavy atom. The first kappa shape index (κ1) is 17.8. The molecular weight excluding hydrogens is 334 g/mol. The van der Waals surface area contributed by atoms with Gasteiger partial charge in [0.05, 0.1) is 45.5 Å². The zero-order chi connectivity index (χ0) is 17.6. The van der Waals surface area contributed by atoms with E-state index in [0.29, 0.717) is 6.54 Å². The zero-order valence-electron chi connectivity index (χ0n) is 14.8. The van der Waals surface area contributed by atoms with Gasteiger partial charge in [-0.15, -0.1) is 11.3 Å². The van der Waals surface area contributed by atoms with Crippen LogP contribution < -0.4 is 19.9 Å². The van der Waals surface area contributed by atoms with E-state index in [-0.39, 0.29) is 11.9 Å². The molecule has 0 aliphatic carbocycles. The van der Waals surface area contributed by atoms with E-state index in [0.717, 1.165) is 37.6 Å². The summed E-state index contributed by atoms with van der Waals surface area (Å²) >= 11 is 1.67. The van der Waals surface area contributed by atoms with Crippen molar-refractivity contribution < 1.29 is 14.4 Å². The molecule has 0 spiro atoms. The van der Waals surface area contributed by atoms with E-state index < -0.39 is 0 Å². The van der Waals surface area contributed by atoms with Gasteiger partial charge >= 0.3 is 0 Å². The molecule has 0 bridgehead atoms. The van der Waals surface area contributed by atoms with Crippen molar-refractivity contribution in [3.8, 4) is 5.75 Å². The average Bonchev–Trinajstić information content (AvgIpc) is 3.19. The van der Waals surface area contributed by atoms with Gasteiger partial charge in [0.1, 0.15) is 5.75 Å². The lowest BCUT2D eigenvalue weighted by atomic mass is 10.2. The Bertz CT molecular complexity index is 682. The number of hydrogen-bond acceptors (Lipinski definition) is 4. The van der Waals surface area contributed by atoms with Crippen molar-refractivity contribution >= 4 is 22.9 Å². The van der Waals surface area contributed by atoms with Gasteiger partial charge in [0.2, 0.25) is 0 Å². The lowest BCUT2D eigenvalue weighted by Gasteiger charge is -2.36. The summed E-state index contributed by atoms with van der Waals surface area (Å²) in [4.78, 5) is 17.3. The van der Waals surface area contributed by atoms with Crippen LogP contribution in [0.2, 0.25) is 0 Å². The number of anilines is 1. The first-order valence-electron chi connectivity index (χ1n) is 8.71. The summed E-state index contributed by atoms with van der Waals surface area (Å²) in [5.74, 6) is 1.04. The molecule has 0 unspecified atom stereocenters. The van der Waals surface area contributed by atoms with Crippen molar-refractivity contribution in [1.29, 1.82) is 0 Å². The predicted molar refractivity (Wildman–Crippen MR) is 102 cm³/mol. The van der Waals surface area contributed by atoms with E-state index in [1.807, 2.05) is 36.6 Å². The number of hydrogen-bond donors (Lipinski definition) is 2. The first-order valence-corrected chi connectivity index (χ1v) is 9.59. The highest BCUT2D eigenvalue weighted by atomic mass is 32.1. The Balaban J connectivity index is 1.52. The maximum absolute atomic E-state index is 12.4. The number of thiophene rings is 1. The van der Waals surface area contributed by atoms with Crippen LogP contribution in [0.1, 0.15) is 11.8 Å². The molecule has 3 rings (SSSR count). The van der Waals surface area contributed by atoms with Gasteiger partial charge in [-0.25, -0.2) is 0 Å². The van der Waals surface area contributed by atoms with Crippen molar-refractivity contribution in [3.63, 3.8) is 0 Å². The van der Waals surface area contributed by atoms with Crippen LogP contribution >= 0.6 is 11.3 Å². The van der Waals surface area contributed by atoms with Gasteiger partial charge in [0, 0.05) is 4.88 Å². The number of carbonyl (C=O) groups is 1. The SMILES string of the molecule is COc1ccccc1N1CC[NH+]([C@@H](C)C(=O)NCc2cccs2)CC1. The molecule has 0 saturated carbocycles. The van der Waals surface area contributed by atoms with E-state index in [9.17, 15) is 4.79 Å². The minimum absolute atomic E-state index is 0.0280. The minimum atomic E-state index is -0.0280. The molecule has 5 nitrogen and oxygen atoms in total. The summed E-state index contributed by atoms with van der Waals surface area (Å²) in [5.41, 5.74) is 1.14. The molecule has 0 radical (unpaired) electrons. The van der Waals surface area contributed by atoms with Crippen molar-refractivity contribution in [2.24, 2.45) is 0 Å². The number of nitrogens with zero attached hydrogens (tertiary/aromatic N) is 1. The molecule has 6 heteroatoms. The lowest BCUT2D eigenvalue weighted by Crippen LogP contribution is -3.19. The van der Waals surface area contributed by atoms with E-state index in [1.165, 1.54) is 9.78 Å². The molecule has 2 aromatic rings. The Morgan fingerprint density at radius 1 is 1.28 bits per heavy atom. The van der Waals surface area contributed by atoms with Gasteiger partial charge in [-0.2, -0.15) is 0 Å². The fraction of sp³-hybridized carbons (Fsp3) is 0.421. The standard InChI is InChI=1S/C19H25N3O2S/c1-15(19(23)20-14-16-6-5-13-25-16)21-9-11-22(12-10-21)17-7-3-4-8-18(17)24-2/h3-8,13,15H,9-12,14H2,1-2H3,(H,20,23)/p+1/t15-/m0/s1. The molecule has 1 amide bonds. The molecule has 1 fully saturated rings. The van der Waals surface area contributed by atoms with Crippen LogP contribution in [0, 0.1) is 0 Å². The van der Waals surface area contributed by atoms with Crippen LogP contribution in [-0.2, 0) is 11.3 Å². The van der Waals surface area contributed by atoms with Crippen LogP contribution in [-0.4, -0.2) is 45.2 Å². The fourth-order valence-electron chi connectivity index (χ4n) is 3.28. The quantitative estimate of drug-likeness (QED) is 0.813. The molecule has 1 aliphatic rings. The Hall–Kier alpha value is -2.05. The number of nitrogens with one attached hydrogen (secondary N) is 2. The van der Waals surface area contributed by atoms with E-state index in [1.54, 1.807) is 18.4 Å². The van der Waals surface area contributed by atoms with Crippen LogP contribution in [0.15, 0.2) is 41.8 Å². The number of methoxy groups -OCH3 is 1. The van der Waals surface area contributed by atoms with E-state index in [2.05, 4.69) is 22.3 Å². The third kappa shape index (κ3) is 4.32. The van der Waals surface area contributed by atoms with Gasteiger partial charge < -0.3 is 19.9 Å². The van der Waals surface area contributed by atoms with Gasteiger partial charge in [-0.1, -0.05) is 18.2 Å². The molecule has 25 heavy (non-hydrogen) atoms. The third-order valence-electron chi connectivity index (χ3n) is 4.85. The summed E-state index contributed by atoms with van der Waals surface area (Å²) < 4.78 is 5.47. The average molecular weight is 361 g/mol. The van der Waals surface area contributed by atoms with Crippen LogP contribution in [0.4, 0.5) is 5.69 Å². The van der Waals surface area contributed by atoms with Crippen LogP contribution in [0.25, 0.3) is 0 Å². The summed E-state index contributed by atoms with van der Waals surface area (Å²) in [6.45, 7) is 6.41. The number of benzene rings is 1. The summed E-state index contributed by atoms with van der Waals surface area (Å²) in [6, 6.07) is 12.2. The fourth-order valence-corrected chi connectivity index (χ4v) is 3.93. The highest BCUT2D eigenvalue weighted by Gasteiger charge is 2.29. The Morgan fingerprint density at radius 2 is 2.04 bits per heavy atom. The number of ether oxygens (including phenoxy) is 1. The third-order valence-corrected chi connectivity index (χ3v) is 5.73. The molecular formula is C19H26N3O2S+. The molecule has 1 aromatic carbocycles. The number of carbonyl (C=O) groups excluding carboxylic acids is 1. The molecule has 2 N–H and O–H groups in total. The van der Waals surface area contributed by atoms with Crippen LogP contribution in [0.3, 0.4) is 0 Å². The van der Waals surface area contributed by atoms with E-state index in [4.69, 9.17) is 4.74 Å². The normalized spacial score (nSPS) is 16.5. The number of quaternary nitrogens is 1. The molecule has 1 aliphatic heterocycles. The minimum Gasteiger partial charge on any atom is -0.495 e. The molecule has 1 atom stereocenters. The second kappa shape index (κ2) is 8.36. The topological polar surface area (TPSA) is 46.0 Å². The zero-order valence-corrected chi connectivity index (χ0v) is 15.6. The predicted octanol–water partition coefficient (Wildman–Crippen LogP) is 1.17. The van der Waals surface area contributed by atoms with Gasteiger partial charge in [-0.05, 0) is 30.5 Å². The van der Waals surface area contributed by atoms with Gasteiger partial charge in [0.15, 0.2) is 6.04 Å². The number of amides is 1. The molecule has 2 heterocycles. The maximum atomic E-state index is 12.4. The highest BCUT2D eigenvalue weighted by molar-refractivity contribution is 7.09. The molecule has 134 valence electrons. The Kier molecular flexibility index (Phi) is 5.94. The van der Waals surface area contributed by atoms with E-state index >= 15 is 0 Å². The number of para-hydroxylation sites is 2. The molecule has 1 saturated heterocycles. The molecule has 1 aromatic heterocycles. The largest absolute Gasteiger partial charge is 0.495 e. The van der Waals surface area contributed by atoms with Gasteiger partial charge in [0.25, 0.3) is 5.91 Å². The highest BCUT2D eigenvalue weighted by Crippen LogP contribution is 2.27. The van der Waals surface area contributed by atoms with Gasteiger partial charge in [-0.3, -0.25) is 4.79 Å². The summed E-state index contributed by atoms with van der Waals surface area (Å²) in [5, 5.41) is 5.10.